The highest BCUT2D eigenvalue weighted by Crippen LogP contribution is 2.36. The Hall–Kier alpha value is -1.59. The van der Waals surface area contributed by atoms with Gasteiger partial charge in [0.05, 0.1) is 14.7 Å². The molecule has 2 N–H and O–H groups in total. The zero-order valence-electron chi connectivity index (χ0n) is 9.26. The molecular weight excluding hydrogens is 312 g/mol. The van der Waals surface area contributed by atoms with Crippen LogP contribution in [-0.4, -0.2) is 4.98 Å². The second-order valence-corrected chi connectivity index (χ2v) is 5.45. The smallest absolute Gasteiger partial charge is 0.152 e. The van der Waals surface area contributed by atoms with E-state index in [1.54, 1.807) is 16.8 Å². The molecule has 2 aromatic carbocycles. The van der Waals surface area contributed by atoms with Crippen molar-refractivity contribution in [3.63, 3.8) is 0 Å². The van der Waals surface area contributed by atoms with Crippen molar-refractivity contribution in [2.75, 3.05) is 5.73 Å². The highest BCUT2D eigenvalue weighted by atomic mass is 79.9. The number of thiazole rings is 1. The van der Waals surface area contributed by atoms with E-state index in [0.717, 1.165) is 20.4 Å². The Morgan fingerprint density at radius 2 is 1.94 bits per heavy atom. The molecule has 0 aliphatic heterocycles. The summed E-state index contributed by atoms with van der Waals surface area (Å²) >= 11 is 5.00. The number of halogens is 1. The summed E-state index contributed by atoms with van der Waals surface area (Å²) in [6, 6.07) is 11.5. The number of aromatic nitrogens is 1. The van der Waals surface area contributed by atoms with Crippen LogP contribution in [0.3, 0.4) is 0 Å². The van der Waals surface area contributed by atoms with E-state index in [1.165, 1.54) is 0 Å². The number of ether oxygens (including phenoxy) is 1. The quantitative estimate of drug-likeness (QED) is 0.710. The van der Waals surface area contributed by atoms with Gasteiger partial charge in [0.25, 0.3) is 0 Å². The van der Waals surface area contributed by atoms with Crippen molar-refractivity contribution in [1.82, 2.24) is 4.98 Å². The fourth-order valence-electron chi connectivity index (χ4n) is 1.67. The van der Waals surface area contributed by atoms with Crippen molar-refractivity contribution in [3.05, 3.63) is 46.4 Å². The summed E-state index contributed by atoms with van der Waals surface area (Å²) in [5.74, 6) is 1.36. The van der Waals surface area contributed by atoms with Gasteiger partial charge in [-0.05, 0) is 40.2 Å². The van der Waals surface area contributed by atoms with Gasteiger partial charge in [0.2, 0.25) is 0 Å². The Kier molecular flexibility index (Phi) is 2.93. The molecule has 0 aliphatic carbocycles. The number of nitrogens with two attached hydrogens (primary N) is 1. The van der Waals surface area contributed by atoms with Crippen molar-refractivity contribution in [2.45, 2.75) is 0 Å². The SMILES string of the molecule is Nc1c(Oc2ccccc2Br)ccc2scnc12. The van der Waals surface area contributed by atoms with Crippen LogP contribution in [0.15, 0.2) is 46.4 Å². The van der Waals surface area contributed by atoms with Gasteiger partial charge in [-0.3, -0.25) is 0 Å². The molecule has 0 radical (unpaired) electrons. The lowest BCUT2D eigenvalue weighted by Gasteiger charge is -2.09. The second-order valence-electron chi connectivity index (χ2n) is 3.71. The van der Waals surface area contributed by atoms with Crippen LogP contribution in [0.4, 0.5) is 5.69 Å². The maximum atomic E-state index is 6.07. The summed E-state index contributed by atoms with van der Waals surface area (Å²) in [4.78, 5) is 4.24. The van der Waals surface area contributed by atoms with Crippen molar-refractivity contribution >= 4 is 43.2 Å². The number of anilines is 1. The van der Waals surface area contributed by atoms with E-state index >= 15 is 0 Å². The first-order valence-electron chi connectivity index (χ1n) is 5.30. The number of rotatable bonds is 2. The molecule has 0 fully saturated rings. The van der Waals surface area contributed by atoms with Crippen LogP contribution in [0.5, 0.6) is 11.5 Å². The number of benzene rings is 2. The van der Waals surface area contributed by atoms with Gasteiger partial charge in [-0.15, -0.1) is 11.3 Å². The standard InChI is InChI=1S/C13H9BrN2OS/c14-8-3-1-2-4-9(8)17-10-5-6-11-13(12(10)15)16-7-18-11/h1-7H,15H2. The minimum Gasteiger partial charge on any atom is -0.454 e. The van der Waals surface area contributed by atoms with Gasteiger partial charge in [-0.1, -0.05) is 12.1 Å². The van der Waals surface area contributed by atoms with E-state index < -0.39 is 0 Å². The van der Waals surface area contributed by atoms with E-state index in [9.17, 15) is 0 Å². The van der Waals surface area contributed by atoms with E-state index in [2.05, 4.69) is 20.9 Å². The summed E-state index contributed by atoms with van der Waals surface area (Å²) in [5, 5.41) is 0. The van der Waals surface area contributed by atoms with Crippen molar-refractivity contribution in [2.24, 2.45) is 0 Å². The lowest BCUT2D eigenvalue weighted by Crippen LogP contribution is -1.93. The van der Waals surface area contributed by atoms with Crippen molar-refractivity contribution in [3.8, 4) is 11.5 Å². The van der Waals surface area contributed by atoms with Gasteiger partial charge in [0.15, 0.2) is 5.75 Å². The lowest BCUT2D eigenvalue weighted by atomic mass is 10.2. The molecular formula is C13H9BrN2OS. The average molecular weight is 321 g/mol. The Balaban J connectivity index is 2.05. The number of nitrogen functional groups attached to an aromatic ring is 1. The molecule has 1 heterocycles. The lowest BCUT2D eigenvalue weighted by molar-refractivity contribution is 0.482. The van der Waals surface area contributed by atoms with E-state index in [-0.39, 0.29) is 0 Å². The van der Waals surface area contributed by atoms with Crippen LogP contribution >= 0.6 is 27.3 Å². The number of hydrogen-bond donors (Lipinski definition) is 1. The second kappa shape index (κ2) is 4.59. The van der Waals surface area contributed by atoms with Crippen LogP contribution in [0.1, 0.15) is 0 Å². The van der Waals surface area contributed by atoms with Gasteiger partial charge in [0.1, 0.15) is 17.0 Å². The van der Waals surface area contributed by atoms with Crippen LogP contribution in [0.25, 0.3) is 10.2 Å². The third-order valence-electron chi connectivity index (χ3n) is 2.56. The normalized spacial score (nSPS) is 10.7. The molecule has 18 heavy (non-hydrogen) atoms. The largest absolute Gasteiger partial charge is 0.454 e. The molecule has 0 saturated carbocycles. The minimum atomic E-state index is 0.574. The fraction of sp³-hybridized carbons (Fsp3) is 0. The van der Waals surface area contributed by atoms with Crippen LogP contribution < -0.4 is 10.5 Å². The molecule has 3 rings (SSSR count). The molecule has 0 aliphatic rings. The zero-order valence-corrected chi connectivity index (χ0v) is 11.7. The third kappa shape index (κ3) is 1.95. The summed E-state index contributed by atoms with van der Waals surface area (Å²) in [6.45, 7) is 0. The molecule has 3 aromatic rings. The fourth-order valence-corrected chi connectivity index (χ4v) is 2.73. The van der Waals surface area contributed by atoms with E-state index in [4.69, 9.17) is 10.5 Å². The maximum absolute atomic E-state index is 6.07. The molecule has 3 nitrogen and oxygen atoms in total. The minimum absolute atomic E-state index is 0.574. The number of hydrogen-bond acceptors (Lipinski definition) is 4. The van der Waals surface area contributed by atoms with Gasteiger partial charge >= 0.3 is 0 Å². The van der Waals surface area contributed by atoms with Crippen molar-refractivity contribution < 1.29 is 4.74 Å². The van der Waals surface area contributed by atoms with Gasteiger partial charge in [-0.2, -0.15) is 0 Å². The number of para-hydroxylation sites is 1. The Bertz CT molecular complexity index is 711. The third-order valence-corrected chi connectivity index (χ3v) is 4.01. The van der Waals surface area contributed by atoms with E-state index in [1.807, 2.05) is 36.4 Å². The summed E-state index contributed by atoms with van der Waals surface area (Å²) in [5.41, 5.74) is 9.22. The summed E-state index contributed by atoms with van der Waals surface area (Å²) in [6.07, 6.45) is 0. The highest BCUT2D eigenvalue weighted by molar-refractivity contribution is 9.10. The Labute approximate surface area is 116 Å². The first-order chi connectivity index (χ1) is 8.75. The van der Waals surface area contributed by atoms with Gasteiger partial charge < -0.3 is 10.5 Å². The average Bonchev–Trinajstić information content (AvgIpc) is 2.84. The Morgan fingerprint density at radius 1 is 1.11 bits per heavy atom. The van der Waals surface area contributed by atoms with Crippen LogP contribution in [0.2, 0.25) is 0 Å². The highest BCUT2D eigenvalue weighted by Gasteiger charge is 2.09. The van der Waals surface area contributed by atoms with Crippen molar-refractivity contribution in [1.29, 1.82) is 0 Å². The molecule has 5 heteroatoms. The molecule has 0 bridgehead atoms. The van der Waals surface area contributed by atoms with Gasteiger partial charge in [-0.25, -0.2) is 4.98 Å². The molecule has 1 aromatic heterocycles. The Morgan fingerprint density at radius 3 is 2.78 bits per heavy atom. The molecule has 0 atom stereocenters. The maximum Gasteiger partial charge on any atom is 0.152 e. The molecule has 0 amide bonds. The molecule has 0 saturated heterocycles. The predicted octanol–water partition coefficient (Wildman–Crippen LogP) is 4.43. The zero-order chi connectivity index (χ0) is 12.5. The molecule has 0 spiro atoms. The summed E-state index contributed by atoms with van der Waals surface area (Å²) in [7, 11) is 0. The van der Waals surface area contributed by atoms with E-state index in [0.29, 0.717) is 11.4 Å². The monoisotopic (exact) mass is 320 g/mol. The predicted molar refractivity (Wildman–Crippen MR) is 78.2 cm³/mol. The summed E-state index contributed by atoms with van der Waals surface area (Å²) < 4.78 is 7.76. The first-order valence-corrected chi connectivity index (χ1v) is 6.97. The molecule has 90 valence electrons. The van der Waals surface area contributed by atoms with Gasteiger partial charge in [0, 0.05) is 0 Å². The van der Waals surface area contributed by atoms with Crippen LogP contribution in [-0.2, 0) is 0 Å². The first kappa shape index (κ1) is 11.5. The molecule has 0 unspecified atom stereocenters. The number of nitrogens with zero attached hydrogens (tertiary/aromatic N) is 1. The number of fused-ring (bicyclic) bond motifs is 1. The van der Waals surface area contributed by atoms with Crippen LogP contribution in [0, 0.1) is 0 Å². The topological polar surface area (TPSA) is 48.1 Å².